The number of nitrogens with zero attached hydrogens (tertiary/aromatic N) is 2. The zero-order valence-electron chi connectivity index (χ0n) is 15.8. The Morgan fingerprint density at radius 3 is 2.70 bits per heavy atom. The molecule has 2 unspecified atom stereocenters. The van der Waals surface area contributed by atoms with Gasteiger partial charge in [0.2, 0.25) is 11.8 Å². The number of fused-ring (bicyclic) bond motifs is 2. The third kappa shape index (κ3) is 3.33. The summed E-state index contributed by atoms with van der Waals surface area (Å²) in [6.45, 7) is 2.74. The first-order chi connectivity index (χ1) is 13.1. The zero-order valence-corrected chi connectivity index (χ0v) is 15.8. The van der Waals surface area contributed by atoms with Gasteiger partial charge in [0.05, 0.1) is 11.3 Å². The monoisotopic (exact) mass is 369 g/mol. The normalized spacial score (nSPS) is 27.8. The topological polar surface area (TPSA) is 69.7 Å². The van der Waals surface area contributed by atoms with E-state index in [1.807, 2.05) is 6.07 Å². The zero-order chi connectivity index (χ0) is 19.0. The van der Waals surface area contributed by atoms with Crippen LogP contribution in [0.5, 0.6) is 0 Å². The third-order valence-electron chi connectivity index (χ3n) is 6.25. The molecule has 1 N–H and O–H groups in total. The molecule has 1 saturated carbocycles. The summed E-state index contributed by atoms with van der Waals surface area (Å²) in [6, 6.07) is 6.85. The highest BCUT2D eigenvalue weighted by molar-refractivity contribution is 6.12. The predicted molar refractivity (Wildman–Crippen MR) is 102 cm³/mol. The quantitative estimate of drug-likeness (QED) is 0.889. The van der Waals surface area contributed by atoms with E-state index in [2.05, 4.69) is 12.2 Å². The van der Waals surface area contributed by atoms with Crippen molar-refractivity contribution in [1.82, 2.24) is 10.2 Å². The summed E-state index contributed by atoms with van der Waals surface area (Å²) in [5.41, 5.74) is 1.06. The number of hydrogen-bond acceptors (Lipinski definition) is 3. The van der Waals surface area contributed by atoms with E-state index in [1.54, 1.807) is 23.1 Å². The summed E-state index contributed by atoms with van der Waals surface area (Å²) in [6.07, 6.45) is 5.95. The number of rotatable bonds is 3. The predicted octanol–water partition coefficient (Wildman–Crippen LogP) is 2.33. The second kappa shape index (κ2) is 7.33. The molecule has 3 aliphatic rings. The van der Waals surface area contributed by atoms with Gasteiger partial charge in [-0.05, 0) is 43.7 Å². The second-order valence-electron chi connectivity index (χ2n) is 8.03. The standard InChI is InChI=1S/C21H27N3O3/c1-14-7-2-4-9-16(14)22-19(25)13-24-17-10-5-3-8-15(17)20(26)23-12-6-11-18(23)21(24)27/h3,5,8,10,14,16,18H,2,4,6-7,9,11-13H2,1H3,(H,22,25)/t14?,16?,18-/m0/s1. The number of amides is 3. The van der Waals surface area contributed by atoms with Gasteiger partial charge < -0.3 is 15.1 Å². The molecule has 27 heavy (non-hydrogen) atoms. The fourth-order valence-electron chi connectivity index (χ4n) is 4.70. The van der Waals surface area contributed by atoms with E-state index in [0.29, 0.717) is 30.1 Å². The van der Waals surface area contributed by atoms with Crippen LogP contribution in [0.2, 0.25) is 0 Å². The van der Waals surface area contributed by atoms with Gasteiger partial charge in [0.25, 0.3) is 5.91 Å². The fraction of sp³-hybridized carbons (Fsp3) is 0.571. The Balaban J connectivity index is 1.58. The first-order valence-electron chi connectivity index (χ1n) is 10.1. The molecule has 4 rings (SSSR count). The summed E-state index contributed by atoms with van der Waals surface area (Å²) < 4.78 is 0. The lowest BCUT2D eigenvalue weighted by Gasteiger charge is -2.31. The van der Waals surface area contributed by atoms with Crippen LogP contribution in [-0.2, 0) is 9.59 Å². The summed E-state index contributed by atoms with van der Waals surface area (Å²) in [7, 11) is 0. The van der Waals surface area contributed by atoms with Crippen molar-refractivity contribution >= 4 is 23.4 Å². The molecule has 0 aromatic heterocycles. The number of nitrogens with one attached hydrogen (secondary N) is 1. The maximum atomic E-state index is 13.2. The van der Waals surface area contributed by atoms with Crippen molar-refractivity contribution in [3.8, 4) is 0 Å². The van der Waals surface area contributed by atoms with E-state index in [-0.39, 0.29) is 30.3 Å². The summed E-state index contributed by atoms with van der Waals surface area (Å²) in [5, 5.41) is 3.13. The Hall–Kier alpha value is -2.37. The molecule has 1 aliphatic carbocycles. The van der Waals surface area contributed by atoms with E-state index in [9.17, 15) is 14.4 Å². The van der Waals surface area contributed by atoms with Gasteiger partial charge in [-0.25, -0.2) is 0 Å². The minimum Gasteiger partial charge on any atom is -0.352 e. The van der Waals surface area contributed by atoms with E-state index in [0.717, 1.165) is 25.7 Å². The number of carbonyl (C=O) groups is 3. The summed E-state index contributed by atoms with van der Waals surface area (Å²) >= 11 is 0. The smallest absolute Gasteiger partial charge is 0.256 e. The molecule has 0 bridgehead atoms. The van der Waals surface area contributed by atoms with Crippen molar-refractivity contribution in [1.29, 1.82) is 0 Å². The van der Waals surface area contributed by atoms with Crippen molar-refractivity contribution in [3.05, 3.63) is 29.8 Å². The van der Waals surface area contributed by atoms with Gasteiger partial charge >= 0.3 is 0 Å². The first kappa shape index (κ1) is 18.0. The largest absolute Gasteiger partial charge is 0.352 e. The van der Waals surface area contributed by atoms with E-state index in [1.165, 1.54) is 11.3 Å². The molecule has 1 aromatic carbocycles. The average Bonchev–Trinajstić information content (AvgIpc) is 3.14. The average molecular weight is 369 g/mol. The van der Waals surface area contributed by atoms with Crippen LogP contribution >= 0.6 is 0 Å². The van der Waals surface area contributed by atoms with Gasteiger partial charge in [0.15, 0.2) is 0 Å². The Morgan fingerprint density at radius 1 is 1.11 bits per heavy atom. The van der Waals surface area contributed by atoms with Crippen LogP contribution in [0.3, 0.4) is 0 Å². The van der Waals surface area contributed by atoms with Gasteiger partial charge in [0, 0.05) is 12.6 Å². The van der Waals surface area contributed by atoms with Crippen molar-refractivity contribution in [2.75, 3.05) is 18.0 Å². The molecule has 144 valence electrons. The van der Waals surface area contributed by atoms with Crippen LogP contribution in [0.15, 0.2) is 24.3 Å². The van der Waals surface area contributed by atoms with Crippen molar-refractivity contribution in [3.63, 3.8) is 0 Å². The van der Waals surface area contributed by atoms with Crippen molar-refractivity contribution in [2.45, 2.75) is 57.5 Å². The lowest BCUT2D eigenvalue weighted by molar-refractivity contribution is -0.126. The highest BCUT2D eigenvalue weighted by Gasteiger charge is 2.42. The van der Waals surface area contributed by atoms with Crippen LogP contribution in [0, 0.1) is 5.92 Å². The molecule has 3 atom stereocenters. The molecule has 3 amide bonds. The van der Waals surface area contributed by atoms with Crippen LogP contribution in [-0.4, -0.2) is 47.8 Å². The van der Waals surface area contributed by atoms with E-state index in [4.69, 9.17) is 0 Å². The highest BCUT2D eigenvalue weighted by Crippen LogP contribution is 2.32. The molecule has 2 heterocycles. The Bertz CT molecular complexity index is 763. The number of hydrogen-bond donors (Lipinski definition) is 1. The SMILES string of the molecule is CC1CCCCC1NC(=O)CN1C(=O)[C@@H]2CCCN2C(=O)c2ccccc21. The third-order valence-corrected chi connectivity index (χ3v) is 6.25. The lowest BCUT2D eigenvalue weighted by Crippen LogP contribution is -2.50. The molecule has 6 heteroatoms. The van der Waals surface area contributed by atoms with Gasteiger partial charge in [-0.2, -0.15) is 0 Å². The van der Waals surface area contributed by atoms with E-state index >= 15 is 0 Å². The summed E-state index contributed by atoms with van der Waals surface area (Å²) in [5.74, 6) is 0.0698. The van der Waals surface area contributed by atoms with Crippen LogP contribution in [0.1, 0.15) is 55.8 Å². The Labute approximate surface area is 159 Å². The molecule has 0 radical (unpaired) electrons. The van der Waals surface area contributed by atoms with Gasteiger partial charge in [-0.3, -0.25) is 14.4 Å². The molecular weight excluding hydrogens is 342 g/mol. The lowest BCUT2D eigenvalue weighted by atomic mass is 9.86. The Kier molecular flexibility index (Phi) is 4.89. The highest BCUT2D eigenvalue weighted by atomic mass is 16.2. The van der Waals surface area contributed by atoms with Gasteiger partial charge in [-0.1, -0.05) is 31.9 Å². The molecular formula is C21H27N3O3. The van der Waals surface area contributed by atoms with E-state index < -0.39 is 6.04 Å². The molecule has 6 nitrogen and oxygen atoms in total. The molecule has 1 aromatic rings. The molecule has 2 aliphatic heterocycles. The number of para-hydroxylation sites is 1. The summed E-state index contributed by atoms with van der Waals surface area (Å²) in [4.78, 5) is 42.0. The number of anilines is 1. The molecule has 2 fully saturated rings. The Morgan fingerprint density at radius 2 is 1.89 bits per heavy atom. The molecule has 1 saturated heterocycles. The molecule has 0 spiro atoms. The van der Waals surface area contributed by atoms with Crippen LogP contribution in [0.25, 0.3) is 0 Å². The minimum absolute atomic E-state index is 0.0311. The van der Waals surface area contributed by atoms with Crippen LogP contribution in [0.4, 0.5) is 5.69 Å². The minimum atomic E-state index is -0.452. The maximum absolute atomic E-state index is 13.2. The first-order valence-corrected chi connectivity index (χ1v) is 10.1. The number of carbonyl (C=O) groups excluding carboxylic acids is 3. The maximum Gasteiger partial charge on any atom is 0.256 e. The number of benzene rings is 1. The second-order valence-corrected chi connectivity index (χ2v) is 8.03. The van der Waals surface area contributed by atoms with Crippen molar-refractivity contribution < 1.29 is 14.4 Å². The van der Waals surface area contributed by atoms with Gasteiger partial charge in [-0.15, -0.1) is 0 Å². The van der Waals surface area contributed by atoms with Crippen LogP contribution < -0.4 is 10.2 Å². The van der Waals surface area contributed by atoms with Crippen molar-refractivity contribution in [2.24, 2.45) is 5.92 Å². The van der Waals surface area contributed by atoms with Gasteiger partial charge in [0.1, 0.15) is 12.6 Å². The fourth-order valence-corrected chi connectivity index (χ4v) is 4.70.